The van der Waals surface area contributed by atoms with E-state index in [4.69, 9.17) is 13.1 Å². The molecule has 1 heterocycles. The average molecular weight is 595 g/mol. The Bertz CT molecular complexity index is 1860. The summed E-state index contributed by atoms with van der Waals surface area (Å²) in [4.78, 5) is 7.95. The molecule has 0 aromatic heterocycles. The summed E-state index contributed by atoms with van der Waals surface area (Å²) in [5.41, 5.74) is 5.50. The summed E-state index contributed by atoms with van der Waals surface area (Å²) in [7, 11) is -6.05. The van der Waals surface area contributed by atoms with E-state index in [9.17, 15) is 0 Å². The quantitative estimate of drug-likeness (QED) is 0.172. The molecule has 0 amide bonds. The largest absolute Gasteiger partial charge is 0.238 e. The van der Waals surface area contributed by atoms with Crippen LogP contribution in [0.15, 0.2) is 146 Å². The van der Waals surface area contributed by atoms with Crippen LogP contribution in [0.5, 0.6) is 0 Å². The Labute approximate surface area is 261 Å². The van der Waals surface area contributed by atoms with Gasteiger partial charge in [-0.25, -0.2) is 9.69 Å². The summed E-state index contributed by atoms with van der Waals surface area (Å²) in [6.45, 7) is 20.3. The van der Waals surface area contributed by atoms with Crippen molar-refractivity contribution in [1.82, 2.24) is 0 Å². The van der Waals surface area contributed by atoms with Crippen molar-refractivity contribution in [3.63, 3.8) is 0 Å². The van der Waals surface area contributed by atoms with Gasteiger partial charge in [0.25, 0.3) is 0 Å². The highest BCUT2D eigenvalue weighted by atomic mass is 29.3. The molecule has 1 aliphatic heterocycles. The van der Waals surface area contributed by atoms with E-state index in [0.29, 0.717) is 11.4 Å². The predicted molar refractivity (Wildman–Crippen MR) is 189 cm³/mol. The fourth-order valence-electron chi connectivity index (χ4n) is 7.68. The first-order valence-electron chi connectivity index (χ1n) is 14.8. The number of hydrogen-bond acceptors (Lipinski definition) is 0. The Kier molecular flexibility index (Phi) is 6.75. The maximum Gasteiger partial charge on any atom is 0.190 e. The minimum Gasteiger partial charge on any atom is -0.238 e. The Morgan fingerprint density at radius 3 is 0.932 bits per heavy atom. The lowest BCUT2D eigenvalue weighted by molar-refractivity contribution is 1.47. The van der Waals surface area contributed by atoms with Crippen molar-refractivity contribution in [1.29, 1.82) is 0 Å². The normalized spacial score (nSPS) is 14.0. The topological polar surface area (TPSA) is 8.72 Å². The molecule has 1 aliphatic rings. The Hall–Kier alpha value is -5.27. The highest BCUT2D eigenvalue weighted by molar-refractivity contribution is 7.68. The van der Waals surface area contributed by atoms with Gasteiger partial charge in [-0.1, -0.05) is 154 Å². The van der Waals surface area contributed by atoms with Crippen LogP contribution in [0.1, 0.15) is 11.1 Å². The fourth-order valence-corrected chi connectivity index (χ4v) is 27.8. The third-order valence-electron chi connectivity index (χ3n) is 9.40. The highest BCUT2D eigenvalue weighted by Gasteiger charge is 2.64. The summed E-state index contributed by atoms with van der Waals surface area (Å²) < 4.78 is 0. The molecule has 6 aromatic carbocycles. The maximum atomic E-state index is 8.07. The molecule has 7 rings (SSSR count). The molecule has 0 spiro atoms. The van der Waals surface area contributed by atoms with E-state index < -0.39 is 15.2 Å². The molecule has 0 unspecified atom stereocenters. The van der Waals surface area contributed by atoms with Crippen molar-refractivity contribution in [2.24, 2.45) is 0 Å². The second-order valence-corrected chi connectivity index (χ2v) is 22.4. The van der Waals surface area contributed by atoms with Gasteiger partial charge in [0.15, 0.2) is 26.6 Å². The highest BCUT2D eigenvalue weighted by Crippen LogP contribution is 2.38. The number of hydrogen-bond donors (Lipinski definition) is 0. The molecule has 208 valence electrons. The van der Waals surface area contributed by atoms with Crippen molar-refractivity contribution in [3.8, 4) is 11.1 Å². The van der Waals surface area contributed by atoms with Gasteiger partial charge in [0.05, 0.1) is 13.1 Å². The van der Waals surface area contributed by atoms with Gasteiger partial charge in [-0.2, -0.15) is 0 Å². The summed E-state index contributed by atoms with van der Waals surface area (Å²) in [6.07, 6.45) is 0. The van der Waals surface area contributed by atoms with Crippen LogP contribution in [-0.2, 0) is 0 Å². The van der Waals surface area contributed by atoms with Gasteiger partial charge in [-0.05, 0) is 58.6 Å². The van der Waals surface area contributed by atoms with E-state index in [1.807, 2.05) is 0 Å². The number of rotatable bonds is 4. The first-order valence-corrected chi connectivity index (χ1v) is 19.8. The zero-order valence-corrected chi connectivity index (χ0v) is 26.8. The van der Waals surface area contributed by atoms with Crippen LogP contribution in [-0.4, -0.2) is 15.2 Å². The first-order chi connectivity index (χ1) is 21.6. The van der Waals surface area contributed by atoms with E-state index in [0.717, 1.165) is 22.3 Å². The van der Waals surface area contributed by atoms with Crippen molar-refractivity contribution in [2.45, 2.75) is 13.8 Å². The van der Waals surface area contributed by atoms with Gasteiger partial charge in [0, 0.05) is 0 Å². The van der Waals surface area contributed by atoms with E-state index in [-0.39, 0.29) is 0 Å². The van der Waals surface area contributed by atoms with Gasteiger partial charge in [0.2, 0.25) is 0 Å². The minimum absolute atomic E-state index is 0.664. The Morgan fingerprint density at radius 2 is 0.682 bits per heavy atom. The number of benzene rings is 6. The SMILES string of the molecule is [C-]#[N+]c1cc2c(cc1C)[Si](c1ccccc1)(c1ccccc1)[Si](c1ccccc1)(c1ccccc1)c1cc(C)c([N+]#[C-])cc1-2. The second-order valence-electron chi connectivity index (χ2n) is 11.6. The molecular formula is C40H30N2Si2. The first kappa shape index (κ1) is 27.6. The molecule has 0 saturated carbocycles. The van der Waals surface area contributed by atoms with E-state index in [1.165, 1.54) is 31.1 Å². The van der Waals surface area contributed by atoms with E-state index >= 15 is 0 Å². The smallest absolute Gasteiger partial charge is 0.190 e. The molecule has 44 heavy (non-hydrogen) atoms. The van der Waals surface area contributed by atoms with Crippen molar-refractivity contribution < 1.29 is 0 Å². The van der Waals surface area contributed by atoms with Crippen LogP contribution in [0.25, 0.3) is 20.8 Å². The molecule has 0 radical (unpaired) electrons. The lowest BCUT2D eigenvalue weighted by Crippen LogP contribution is -2.95. The van der Waals surface area contributed by atoms with Crippen molar-refractivity contribution >= 4 is 57.7 Å². The molecule has 2 nitrogen and oxygen atoms in total. The monoisotopic (exact) mass is 594 g/mol. The zero-order chi connectivity index (χ0) is 30.3. The van der Waals surface area contributed by atoms with Crippen LogP contribution in [0.2, 0.25) is 0 Å². The molecule has 0 aliphatic carbocycles. The van der Waals surface area contributed by atoms with Gasteiger partial charge in [-0.3, -0.25) is 0 Å². The molecule has 6 aromatic rings. The number of nitrogens with zero attached hydrogens (tertiary/aromatic N) is 2. The van der Waals surface area contributed by atoms with Crippen LogP contribution >= 0.6 is 0 Å². The number of aryl methyl sites for hydroxylation is 2. The van der Waals surface area contributed by atoms with Crippen molar-refractivity contribution in [2.75, 3.05) is 0 Å². The maximum absolute atomic E-state index is 8.07. The lowest BCUT2D eigenvalue weighted by Gasteiger charge is -2.54. The fraction of sp³-hybridized carbons (Fsp3) is 0.0500. The molecular weight excluding hydrogens is 565 g/mol. The summed E-state index contributed by atoms with van der Waals surface area (Å²) in [5, 5.41) is 8.09. The molecule has 0 fully saturated rings. The van der Waals surface area contributed by atoms with Crippen LogP contribution in [0, 0.1) is 27.0 Å². The van der Waals surface area contributed by atoms with Crippen molar-refractivity contribution in [3.05, 3.63) is 180 Å². The molecule has 0 saturated heterocycles. The molecule has 0 bridgehead atoms. The third kappa shape index (κ3) is 3.76. The van der Waals surface area contributed by atoms with Crippen LogP contribution in [0.4, 0.5) is 11.4 Å². The average Bonchev–Trinajstić information content (AvgIpc) is 3.08. The summed E-state index contributed by atoms with van der Waals surface area (Å²) in [6, 6.07) is 53.6. The summed E-state index contributed by atoms with van der Waals surface area (Å²) in [5.74, 6) is 0. The summed E-state index contributed by atoms with van der Waals surface area (Å²) >= 11 is 0. The zero-order valence-electron chi connectivity index (χ0n) is 24.8. The predicted octanol–water partition coefficient (Wildman–Crippen LogP) is 6.10. The van der Waals surface area contributed by atoms with E-state index in [2.05, 4.69) is 169 Å². The lowest BCUT2D eigenvalue weighted by atomic mass is 10.00. The third-order valence-corrected chi connectivity index (χ3v) is 26.2. The molecule has 0 atom stereocenters. The van der Waals surface area contributed by atoms with Gasteiger partial charge >= 0.3 is 0 Å². The van der Waals surface area contributed by atoms with Crippen LogP contribution in [0.3, 0.4) is 0 Å². The Balaban J connectivity index is 1.86. The van der Waals surface area contributed by atoms with Crippen LogP contribution < -0.4 is 31.1 Å². The molecule has 0 N–H and O–H groups in total. The molecule has 4 heteroatoms. The minimum atomic E-state index is -3.03. The van der Waals surface area contributed by atoms with Gasteiger partial charge < -0.3 is 0 Å². The van der Waals surface area contributed by atoms with E-state index in [1.54, 1.807) is 0 Å². The van der Waals surface area contributed by atoms with Gasteiger partial charge in [-0.15, -0.1) is 0 Å². The van der Waals surface area contributed by atoms with Gasteiger partial charge in [0.1, 0.15) is 0 Å². The Morgan fingerprint density at radius 1 is 0.409 bits per heavy atom. The second kappa shape index (κ2) is 10.8. The number of fused-ring (bicyclic) bond motifs is 3. The standard InChI is InChI=1S/C40H30N2Si2/c1-29-25-39-35(27-37(29)41-3)36-28-38(42-4)30(2)26-40(36)44(33-21-13-7-14-22-33,34-23-15-8-16-24-34)43(39,31-17-9-5-10-18-31)32-19-11-6-12-20-32/h5-28H,1-2H3.